The molecule has 1 aliphatic rings. The third-order valence-electron chi connectivity index (χ3n) is 5.17. The van der Waals surface area contributed by atoms with E-state index in [1.165, 1.54) is 18.2 Å². The fourth-order valence-electron chi connectivity index (χ4n) is 3.80. The third-order valence-corrected chi connectivity index (χ3v) is 5.46. The monoisotopic (exact) mass is 410 g/mol. The molecule has 1 aliphatic heterocycles. The Balaban J connectivity index is 1.48. The lowest BCUT2D eigenvalue weighted by molar-refractivity contribution is 0.0788. The van der Waals surface area contributed by atoms with Crippen molar-refractivity contribution in [3.8, 4) is 11.6 Å². The minimum absolute atomic E-state index is 0.00475. The number of likely N-dealkylation sites (tertiary alicyclic amines) is 1. The first-order valence-corrected chi connectivity index (χ1v) is 9.61. The lowest BCUT2D eigenvalue weighted by atomic mass is 10.2. The molecule has 1 saturated heterocycles. The zero-order valence-electron chi connectivity index (χ0n) is 15.3. The van der Waals surface area contributed by atoms with Gasteiger partial charge in [0.25, 0.3) is 5.91 Å². The molecule has 0 unspecified atom stereocenters. The number of amides is 1. The van der Waals surface area contributed by atoms with E-state index in [2.05, 4.69) is 4.98 Å². The van der Waals surface area contributed by atoms with Crippen molar-refractivity contribution in [1.29, 1.82) is 0 Å². The standard InChI is InChI=1S/C21H16ClFN4O2/c22-15-11-13(5-6-16(15)23)21(28)26-9-7-14(12-26)27-19-17(3-1-8-24-19)25-20(27)18-4-2-10-29-18/h1-6,8,10-11,14H,7,9,12H2/t14-/m0/s1. The summed E-state index contributed by atoms with van der Waals surface area (Å²) in [6.45, 7) is 1.06. The summed E-state index contributed by atoms with van der Waals surface area (Å²) in [4.78, 5) is 23.8. The minimum Gasteiger partial charge on any atom is -0.461 e. The van der Waals surface area contributed by atoms with Crippen molar-refractivity contribution in [2.75, 3.05) is 13.1 Å². The number of carbonyl (C=O) groups excluding carboxylic acids is 1. The molecule has 29 heavy (non-hydrogen) atoms. The zero-order chi connectivity index (χ0) is 20.0. The van der Waals surface area contributed by atoms with Crippen LogP contribution in [-0.4, -0.2) is 38.4 Å². The summed E-state index contributed by atoms with van der Waals surface area (Å²) < 4.78 is 21.0. The van der Waals surface area contributed by atoms with Crippen molar-refractivity contribution in [1.82, 2.24) is 19.4 Å². The average molecular weight is 411 g/mol. The Morgan fingerprint density at radius 3 is 2.93 bits per heavy atom. The van der Waals surface area contributed by atoms with Gasteiger partial charge in [-0.05, 0) is 48.9 Å². The Hall–Kier alpha value is -3.19. The predicted octanol–water partition coefficient (Wildman–Crippen LogP) is 4.57. The number of furan rings is 1. The number of halogens is 2. The van der Waals surface area contributed by atoms with E-state index < -0.39 is 5.82 Å². The first-order chi connectivity index (χ1) is 14.1. The van der Waals surface area contributed by atoms with E-state index >= 15 is 0 Å². The summed E-state index contributed by atoms with van der Waals surface area (Å²) in [5.74, 6) is 0.624. The topological polar surface area (TPSA) is 64.2 Å². The van der Waals surface area contributed by atoms with Crippen LogP contribution in [0.1, 0.15) is 22.8 Å². The molecular weight excluding hydrogens is 395 g/mol. The van der Waals surface area contributed by atoms with Gasteiger partial charge in [0.15, 0.2) is 17.2 Å². The van der Waals surface area contributed by atoms with Crippen LogP contribution in [0.15, 0.2) is 59.3 Å². The van der Waals surface area contributed by atoms with Crippen molar-refractivity contribution in [3.05, 3.63) is 71.3 Å². The second-order valence-corrected chi connectivity index (χ2v) is 7.36. The van der Waals surface area contributed by atoms with Gasteiger partial charge in [-0.15, -0.1) is 0 Å². The Morgan fingerprint density at radius 1 is 1.24 bits per heavy atom. The van der Waals surface area contributed by atoms with Crippen LogP contribution in [0, 0.1) is 5.82 Å². The summed E-state index contributed by atoms with van der Waals surface area (Å²) in [5, 5.41) is -0.0588. The fraction of sp³-hybridized carbons (Fsp3) is 0.190. The van der Waals surface area contributed by atoms with Crippen molar-refractivity contribution in [3.63, 3.8) is 0 Å². The minimum atomic E-state index is -0.540. The Morgan fingerprint density at radius 2 is 2.14 bits per heavy atom. The van der Waals surface area contributed by atoms with Gasteiger partial charge in [0, 0.05) is 24.8 Å². The third kappa shape index (κ3) is 3.07. The molecule has 1 atom stereocenters. The maximum Gasteiger partial charge on any atom is 0.253 e. The highest BCUT2D eigenvalue weighted by atomic mass is 35.5. The SMILES string of the molecule is O=C(c1ccc(F)c(Cl)c1)N1CC[C@H](n2c(-c3ccco3)nc3cccnc32)C1. The zero-order valence-corrected chi connectivity index (χ0v) is 16.0. The highest BCUT2D eigenvalue weighted by molar-refractivity contribution is 6.31. The average Bonchev–Trinajstić information content (AvgIpc) is 3.47. The van der Waals surface area contributed by atoms with E-state index in [-0.39, 0.29) is 17.0 Å². The lowest BCUT2D eigenvalue weighted by Gasteiger charge is -2.18. The highest BCUT2D eigenvalue weighted by Crippen LogP contribution is 2.33. The number of carbonyl (C=O) groups is 1. The molecule has 0 saturated carbocycles. The van der Waals surface area contributed by atoms with Crippen LogP contribution in [0.25, 0.3) is 22.7 Å². The van der Waals surface area contributed by atoms with Crippen molar-refractivity contribution >= 4 is 28.7 Å². The van der Waals surface area contributed by atoms with Crippen LogP contribution in [0.2, 0.25) is 5.02 Å². The maximum atomic E-state index is 13.4. The second-order valence-electron chi connectivity index (χ2n) is 6.95. The van der Waals surface area contributed by atoms with Crippen LogP contribution >= 0.6 is 11.6 Å². The number of pyridine rings is 1. The summed E-state index contributed by atoms with van der Waals surface area (Å²) in [6.07, 6.45) is 4.08. The van der Waals surface area contributed by atoms with Crippen LogP contribution < -0.4 is 0 Å². The second kappa shape index (κ2) is 7.00. The molecule has 5 rings (SSSR count). The van der Waals surface area contributed by atoms with Gasteiger partial charge < -0.3 is 13.9 Å². The van der Waals surface area contributed by atoms with E-state index in [1.54, 1.807) is 17.4 Å². The van der Waals surface area contributed by atoms with Gasteiger partial charge in [0.1, 0.15) is 11.3 Å². The van der Waals surface area contributed by atoms with Crippen LogP contribution in [0.4, 0.5) is 4.39 Å². The number of fused-ring (bicyclic) bond motifs is 1. The molecule has 0 bridgehead atoms. The van der Waals surface area contributed by atoms with Crippen LogP contribution in [0.3, 0.4) is 0 Å². The molecule has 0 N–H and O–H groups in total. The molecule has 0 aliphatic carbocycles. The van der Waals surface area contributed by atoms with Crippen molar-refractivity contribution in [2.45, 2.75) is 12.5 Å². The normalized spacial score (nSPS) is 16.6. The highest BCUT2D eigenvalue weighted by Gasteiger charge is 2.32. The Labute approximate surface area is 170 Å². The molecule has 4 aromatic rings. The number of hydrogen-bond acceptors (Lipinski definition) is 4. The molecule has 0 spiro atoms. The van der Waals surface area contributed by atoms with Gasteiger partial charge in [-0.1, -0.05) is 11.6 Å². The quantitative estimate of drug-likeness (QED) is 0.496. The van der Waals surface area contributed by atoms with Gasteiger partial charge in [0.2, 0.25) is 0 Å². The number of benzene rings is 1. The van der Waals surface area contributed by atoms with E-state index in [4.69, 9.17) is 21.0 Å². The molecular formula is C21H16ClFN4O2. The number of imidazole rings is 1. The van der Waals surface area contributed by atoms with E-state index in [1.807, 2.05) is 28.8 Å². The van der Waals surface area contributed by atoms with E-state index in [9.17, 15) is 9.18 Å². The molecule has 146 valence electrons. The van der Waals surface area contributed by atoms with Gasteiger partial charge in [0.05, 0.1) is 17.3 Å². The van der Waals surface area contributed by atoms with Gasteiger partial charge in [-0.25, -0.2) is 14.4 Å². The molecule has 1 aromatic carbocycles. The molecule has 4 heterocycles. The van der Waals surface area contributed by atoms with E-state index in [0.29, 0.717) is 30.2 Å². The molecule has 8 heteroatoms. The fourth-order valence-corrected chi connectivity index (χ4v) is 3.98. The van der Waals surface area contributed by atoms with Gasteiger partial charge in [-0.3, -0.25) is 4.79 Å². The smallest absolute Gasteiger partial charge is 0.253 e. The van der Waals surface area contributed by atoms with Crippen LogP contribution in [0.5, 0.6) is 0 Å². The molecule has 6 nitrogen and oxygen atoms in total. The summed E-state index contributed by atoms with van der Waals surface area (Å²) in [6, 6.07) is 11.5. The Kier molecular flexibility index (Phi) is 4.32. The van der Waals surface area contributed by atoms with Crippen molar-refractivity contribution < 1.29 is 13.6 Å². The maximum absolute atomic E-state index is 13.4. The number of rotatable bonds is 3. The summed E-state index contributed by atoms with van der Waals surface area (Å²) in [5.41, 5.74) is 1.90. The summed E-state index contributed by atoms with van der Waals surface area (Å²) in [7, 11) is 0. The summed E-state index contributed by atoms with van der Waals surface area (Å²) >= 11 is 5.84. The molecule has 1 fully saturated rings. The molecule has 3 aromatic heterocycles. The largest absolute Gasteiger partial charge is 0.461 e. The number of nitrogens with zero attached hydrogens (tertiary/aromatic N) is 4. The van der Waals surface area contributed by atoms with Gasteiger partial charge >= 0.3 is 0 Å². The van der Waals surface area contributed by atoms with Crippen LogP contribution in [-0.2, 0) is 0 Å². The molecule has 1 amide bonds. The first-order valence-electron chi connectivity index (χ1n) is 9.23. The molecule has 0 radical (unpaired) electrons. The van der Waals surface area contributed by atoms with E-state index in [0.717, 1.165) is 17.6 Å². The predicted molar refractivity (Wildman–Crippen MR) is 106 cm³/mol. The van der Waals surface area contributed by atoms with Gasteiger partial charge in [-0.2, -0.15) is 0 Å². The number of hydrogen-bond donors (Lipinski definition) is 0. The Bertz CT molecular complexity index is 1200. The van der Waals surface area contributed by atoms with Crippen molar-refractivity contribution in [2.24, 2.45) is 0 Å². The first kappa shape index (κ1) is 17.9. The number of aromatic nitrogens is 3. The lowest BCUT2D eigenvalue weighted by Crippen LogP contribution is -2.29.